The van der Waals surface area contributed by atoms with Crippen molar-refractivity contribution in [2.24, 2.45) is 0 Å². The summed E-state index contributed by atoms with van der Waals surface area (Å²) in [6, 6.07) is 9.46. The molecule has 0 radical (unpaired) electrons. The Morgan fingerprint density at radius 1 is 1.25 bits per heavy atom. The van der Waals surface area contributed by atoms with Crippen LogP contribution in [0.1, 0.15) is 10.5 Å². The molecule has 82 valence electrons. The van der Waals surface area contributed by atoms with E-state index in [1.54, 1.807) is 6.07 Å². The summed E-state index contributed by atoms with van der Waals surface area (Å²) in [5.41, 5.74) is 2.33. The SMILES string of the molecule is CN(C)c1ccc(-c2cc(C=O)no2)cc1. The highest BCUT2D eigenvalue weighted by Gasteiger charge is 2.05. The maximum atomic E-state index is 10.5. The topological polar surface area (TPSA) is 46.3 Å². The van der Waals surface area contributed by atoms with Crippen LogP contribution in [0.15, 0.2) is 34.9 Å². The number of carbonyl (C=O) groups is 1. The summed E-state index contributed by atoms with van der Waals surface area (Å²) in [4.78, 5) is 12.5. The maximum Gasteiger partial charge on any atom is 0.171 e. The molecule has 2 rings (SSSR count). The van der Waals surface area contributed by atoms with Crippen LogP contribution in [0.25, 0.3) is 11.3 Å². The van der Waals surface area contributed by atoms with E-state index in [2.05, 4.69) is 5.16 Å². The van der Waals surface area contributed by atoms with Gasteiger partial charge in [-0.2, -0.15) is 0 Å². The van der Waals surface area contributed by atoms with Crippen LogP contribution in [0.3, 0.4) is 0 Å². The first-order chi connectivity index (χ1) is 7.70. The second-order valence-corrected chi connectivity index (χ2v) is 3.68. The van der Waals surface area contributed by atoms with Gasteiger partial charge < -0.3 is 9.42 Å². The number of anilines is 1. The number of carbonyl (C=O) groups excluding carboxylic acids is 1. The highest BCUT2D eigenvalue weighted by Crippen LogP contribution is 2.22. The van der Waals surface area contributed by atoms with E-state index in [1.165, 1.54) is 0 Å². The summed E-state index contributed by atoms with van der Waals surface area (Å²) in [7, 11) is 3.96. The van der Waals surface area contributed by atoms with Gasteiger partial charge in [-0.25, -0.2) is 0 Å². The Balaban J connectivity index is 2.30. The molecule has 0 N–H and O–H groups in total. The molecule has 1 aromatic carbocycles. The monoisotopic (exact) mass is 216 g/mol. The van der Waals surface area contributed by atoms with E-state index in [0.717, 1.165) is 11.3 Å². The Morgan fingerprint density at radius 2 is 1.94 bits per heavy atom. The Kier molecular flexibility index (Phi) is 2.72. The fourth-order valence-corrected chi connectivity index (χ4v) is 1.40. The summed E-state index contributed by atoms with van der Waals surface area (Å²) in [5.74, 6) is 0.604. The van der Waals surface area contributed by atoms with Gasteiger partial charge in [-0.15, -0.1) is 0 Å². The van der Waals surface area contributed by atoms with Gasteiger partial charge in [-0.3, -0.25) is 4.79 Å². The molecule has 4 heteroatoms. The van der Waals surface area contributed by atoms with Crippen molar-refractivity contribution < 1.29 is 9.32 Å². The summed E-state index contributed by atoms with van der Waals surface area (Å²) in [6.07, 6.45) is 0.668. The third-order valence-corrected chi connectivity index (χ3v) is 2.32. The molecule has 2 aromatic rings. The zero-order valence-corrected chi connectivity index (χ0v) is 9.18. The molecule has 0 amide bonds. The Bertz CT molecular complexity index is 486. The van der Waals surface area contributed by atoms with Crippen LogP contribution in [-0.4, -0.2) is 25.5 Å². The molecule has 1 heterocycles. The smallest absolute Gasteiger partial charge is 0.171 e. The lowest BCUT2D eigenvalue weighted by molar-refractivity contribution is 0.111. The van der Waals surface area contributed by atoms with Crippen LogP contribution in [0.5, 0.6) is 0 Å². The van der Waals surface area contributed by atoms with E-state index in [0.29, 0.717) is 17.7 Å². The fraction of sp³-hybridized carbons (Fsp3) is 0.167. The van der Waals surface area contributed by atoms with E-state index in [-0.39, 0.29) is 0 Å². The minimum absolute atomic E-state index is 0.312. The van der Waals surface area contributed by atoms with Crippen molar-refractivity contribution >= 4 is 12.0 Å². The van der Waals surface area contributed by atoms with Crippen molar-refractivity contribution in [2.45, 2.75) is 0 Å². The molecule has 0 unspecified atom stereocenters. The van der Waals surface area contributed by atoms with Gasteiger partial charge in [0, 0.05) is 31.4 Å². The Hall–Kier alpha value is -2.10. The van der Waals surface area contributed by atoms with E-state index in [4.69, 9.17) is 4.52 Å². The molecule has 0 bridgehead atoms. The van der Waals surface area contributed by atoms with Gasteiger partial charge in [0.2, 0.25) is 0 Å². The van der Waals surface area contributed by atoms with Crippen molar-refractivity contribution in [1.82, 2.24) is 5.16 Å². The predicted molar refractivity (Wildman–Crippen MR) is 61.7 cm³/mol. The van der Waals surface area contributed by atoms with Gasteiger partial charge in [-0.1, -0.05) is 5.16 Å². The van der Waals surface area contributed by atoms with Gasteiger partial charge in [0.15, 0.2) is 12.0 Å². The van der Waals surface area contributed by atoms with Crippen molar-refractivity contribution in [3.8, 4) is 11.3 Å². The molecule has 1 aromatic heterocycles. The van der Waals surface area contributed by atoms with Gasteiger partial charge >= 0.3 is 0 Å². The molecule has 16 heavy (non-hydrogen) atoms. The van der Waals surface area contributed by atoms with E-state index in [9.17, 15) is 4.79 Å². The largest absolute Gasteiger partial charge is 0.378 e. The van der Waals surface area contributed by atoms with Gasteiger partial charge in [0.1, 0.15) is 5.69 Å². The average Bonchev–Trinajstić information content (AvgIpc) is 2.77. The van der Waals surface area contributed by atoms with E-state index < -0.39 is 0 Å². The van der Waals surface area contributed by atoms with Gasteiger partial charge in [0.25, 0.3) is 0 Å². The van der Waals surface area contributed by atoms with E-state index in [1.807, 2.05) is 43.3 Å². The predicted octanol–water partition coefficient (Wildman–Crippen LogP) is 2.22. The number of hydrogen-bond acceptors (Lipinski definition) is 4. The third-order valence-electron chi connectivity index (χ3n) is 2.32. The fourth-order valence-electron chi connectivity index (χ4n) is 1.40. The molecule has 0 spiro atoms. The molecule has 0 saturated heterocycles. The molecular formula is C12H12N2O2. The van der Waals surface area contributed by atoms with Crippen LogP contribution >= 0.6 is 0 Å². The summed E-state index contributed by atoms with van der Waals surface area (Å²) in [6.45, 7) is 0. The van der Waals surface area contributed by atoms with Crippen molar-refractivity contribution in [1.29, 1.82) is 0 Å². The number of nitrogens with zero attached hydrogens (tertiary/aromatic N) is 2. The zero-order valence-electron chi connectivity index (χ0n) is 9.18. The van der Waals surface area contributed by atoms with Crippen LogP contribution in [0.2, 0.25) is 0 Å². The minimum atomic E-state index is 0.312. The van der Waals surface area contributed by atoms with Crippen LogP contribution in [0.4, 0.5) is 5.69 Å². The average molecular weight is 216 g/mol. The molecular weight excluding hydrogens is 204 g/mol. The number of benzene rings is 1. The first-order valence-electron chi connectivity index (χ1n) is 4.90. The van der Waals surface area contributed by atoms with Crippen molar-refractivity contribution in [3.05, 3.63) is 36.0 Å². The lowest BCUT2D eigenvalue weighted by Crippen LogP contribution is -2.07. The maximum absolute atomic E-state index is 10.5. The summed E-state index contributed by atoms with van der Waals surface area (Å²) < 4.78 is 5.05. The number of rotatable bonds is 3. The Morgan fingerprint density at radius 3 is 2.44 bits per heavy atom. The van der Waals surface area contributed by atoms with Crippen LogP contribution in [-0.2, 0) is 0 Å². The highest BCUT2D eigenvalue weighted by atomic mass is 16.5. The van der Waals surface area contributed by atoms with Gasteiger partial charge in [0.05, 0.1) is 0 Å². The van der Waals surface area contributed by atoms with Crippen LogP contribution < -0.4 is 4.90 Å². The number of aldehydes is 1. The lowest BCUT2D eigenvalue weighted by Gasteiger charge is -2.11. The van der Waals surface area contributed by atoms with Gasteiger partial charge in [-0.05, 0) is 24.3 Å². The van der Waals surface area contributed by atoms with Crippen molar-refractivity contribution in [2.75, 3.05) is 19.0 Å². The quantitative estimate of drug-likeness (QED) is 0.738. The molecule has 0 aliphatic rings. The lowest BCUT2D eigenvalue weighted by atomic mass is 10.1. The summed E-state index contributed by atoms with van der Waals surface area (Å²) >= 11 is 0. The standard InChI is InChI=1S/C12H12N2O2/c1-14(2)11-5-3-9(4-6-11)12-7-10(8-15)13-16-12/h3-8H,1-2H3. The second kappa shape index (κ2) is 4.18. The van der Waals surface area contributed by atoms with E-state index >= 15 is 0 Å². The molecule has 0 aliphatic heterocycles. The third kappa shape index (κ3) is 1.95. The molecule has 0 fully saturated rings. The summed E-state index contributed by atoms with van der Waals surface area (Å²) in [5, 5.41) is 3.62. The van der Waals surface area contributed by atoms with Crippen LogP contribution in [0, 0.1) is 0 Å². The highest BCUT2D eigenvalue weighted by molar-refractivity contribution is 5.74. The normalized spacial score (nSPS) is 10.1. The second-order valence-electron chi connectivity index (χ2n) is 3.68. The first-order valence-corrected chi connectivity index (χ1v) is 4.90. The molecule has 4 nitrogen and oxygen atoms in total. The molecule has 0 aliphatic carbocycles. The number of aromatic nitrogens is 1. The molecule has 0 saturated carbocycles. The number of hydrogen-bond donors (Lipinski definition) is 0. The Labute approximate surface area is 93.5 Å². The first kappa shape index (κ1) is 10.4. The van der Waals surface area contributed by atoms with Crippen molar-refractivity contribution in [3.63, 3.8) is 0 Å². The minimum Gasteiger partial charge on any atom is -0.378 e. The molecule has 0 atom stereocenters. The zero-order chi connectivity index (χ0) is 11.5.